The molecule has 0 radical (unpaired) electrons. The molecule has 0 N–H and O–H groups in total. The van der Waals surface area contributed by atoms with Gasteiger partial charge in [0.1, 0.15) is 6.61 Å². The maximum Gasteiger partial charge on any atom is 0.312 e. The van der Waals surface area contributed by atoms with Crippen LogP contribution in [0, 0.1) is 0 Å². The van der Waals surface area contributed by atoms with E-state index < -0.39 is 0 Å². The van der Waals surface area contributed by atoms with Crippen molar-refractivity contribution in [3.8, 4) is 0 Å². The first kappa shape index (κ1) is 9.44. The van der Waals surface area contributed by atoms with E-state index in [4.69, 9.17) is 25.5 Å². The second-order valence-electron chi connectivity index (χ2n) is 1.99. The zero-order chi connectivity index (χ0) is 8.81. The molecule has 0 saturated carbocycles. The summed E-state index contributed by atoms with van der Waals surface area (Å²) < 4.78 is 14.7. The Morgan fingerprint density at radius 3 is 2.83 bits per heavy atom. The van der Waals surface area contributed by atoms with Crippen molar-refractivity contribution in [2.24, 2.45) is 0 Å². The number of aromatic nitrogens is 2. The summed E-state index contributed by atoms with van der Waals surface area (Å²) in [4.78, 5) is 0. The Bertz CT molecular complexity index is 228. The summed E-state index contributed by atoms with van der Waals surface area (Å²) in [5.74, 6) is 0.371. The third-order valence-electron chi connectivity index (χ3n) is 1.10. The second-order valence-corrected chi connectivity index (χ2v) is 2.32. The first-order valence-electron chi connectivity index (χ1n) is 3.37. The fraction of sp³-hybridized carbons (Fsp3) is 0.667. The zero-order valence-corrected chi connectivity index (χ0v) is 7.37. The molecular formula is C6H9ClN2O3. The summed E-state index contributed by atoms with van der Waals surface area (Å²) in [7, 11) is 1.60. The summed E-state index contributed by atoms with van der Waals surface area (Å²) in [6, 6.07) is 0. The van der Waals surface area contributed by atoms with Crippen LogP contribution < -0.4 is 0 Å². The van der Waals surface area contributed by atoms with Crippen LogP contribution in [0.4, 0.5) is 0 Å². The predicted octanol–water partition coefficient (Wildman–Crippen LogP) is 0.886. The van der Waals surface area contributed by atoms with Crippen molar-refractivity contribution in [3.63, 3.8) is 0 Å². The lowest BCUT2D eigenvalue weighted by molar-refractivity contribution is 0.0517. The van der Waals surface area contributed by atoms with Gasteiger partial charge in [-0.1, -0.05) is 5.10 Å². The van der Waals surface area contributed by atoms with Crippen LogP contribution in [0.2, 0.25) is 5.35 Å². The molecule has 0 aromatic carbocycles. The van der Waals surface area contributed by atoms with Crippen LogP contribution in [0.25, 0.3) is 0 Å². The topological polar surface area (TPSA) is 57.4 Å². The Kier molecular flexibility index (Phi) is 3.99. The second kappa shape index (κ2) is 5.08. The molecule has 0 amide bonds. The first-order valence-corrected chi connectivity index (χ1v) is 3.75. The maximum atomic E-state index is 5.38. The van der Waals surface area contributed by atoms with Crippen molar-refractivity contribution >= 4 is 11.6 Å². The average Bonchev–Trinajstić information content (AvgIpc) is 2.45. The van der Waals surface area contributed by atoms with Gasteiger partial charge < -0.3 is 13.9 Å². The highest BCUT2D eigenvalue weighted by molar-refractivity contribution is 6.27. The molecule has 5 nitrogen and oxygen atoms in total. The average molecular weight is 193 g/mol. The number of nitrogens with zero attached hydrogens (tertiary/aromatic N) is 2. The van der Waals surface area contributed by atoms with Gasteiger partial charge in [-0.2, -0.15) is 0 Å². The minimum Gasteiger partial charge on any atom is -0.410 e. The fourth-order valence-electron chi connectivity index (χ4n) is 0.593. The normalized spacial score (nSPS) is 10.5. The third kappa shape index (κ3) is 3.17. The summed E-state index contributed by atoms with van der Waals surface area (Å²) in [6.45, 7) is 1.31. The molecule has 0 aliphatic rings. The smallest absolute Gasteiger partial charge is 0.312 e. The molecule has 6 heteroatoms. The number of ether oxygens (including phenoxy) is 2. The SMILES string of the molecule is COCCOCc1nnc(Cl)o1. The van der Waals surface area contributed by atoms with Crippen LogP contribution >= 0.6 is 11.6 Å². The molecule has 0 fully saturated rings. The van der Waals surface area contributed by atoms with E-state index in [1.54, 1.807) is 7.11 Å². The highest BCUT2D eigenvalue weighted by Gasteiger charge is 2.02. The molecule has 0 unspecified atom stereocenters. The Labute approximate surface area is 74.6 Å². The van der Waals surface area contributed by atoms with Crippen molar-refractivity contribution < 1.29 is 13.9 Å². The Morgan fingerprint density at radius 2 is 2.25 bits per heavy atom. The van der Waals surface area contributed by atoms with E-state index in [9.17, 15) is 0 Å². The van der Waals surface area contributed by atoms with Crippen LogP contribution in [-0.2, 0) is 16.1 Å². The lowest BCUT2D eigenvalue weighted by atomic mass is 10.7. The van der Waals surface area contributed by atoms with Crippen LogP contribution in [0.5, 0.6) is 0 Å². The van der Waals surface area contributed by atoms with Gasteiger partial charge >= 0.3 is 5.35 Å². The van der Waals surface area contributed by atoms with E-state index in [-0.39, 0.29) is 12.0 Å². The van der Waals surface area contributed by atoms with Crippen molar-refractivity contribution in [1.29, 1.82) is 0 Å². The van der Waals surface area contributed by atoms with Gasteiger partial charge in [0.25, 0.3) is 0 Å². The van der Waals surface area contributed by atoms with E-state index in [0.717, 1.165) is 0 Å². The van der Waals surface area contributed by atoms with Crippen molar-refractivity contribution in [2.75, 3.05) is 20.3 Å². The maximum absolute atomic E-state index is 5.38. The van der Waals surface area contributed by atoms with Gasteiger partial charge in [0, 0.05) is 7.11 Å². The van der Waals surface area contributed by atoms with Crippen LogP contribution in [0.15, 0.2) is 4.42 Å². The summed E-state index contributed by atoms with van der Waals surface area (Å²) in [5, 5.41) is 7.08. The molecule has 1 aromatic rings. The lowest BCUT2D eigenvalue weighted by Gasteiger charge is -1.98. The largest absolute Gasteiger partial charge is 0.410 e. The van der Waals surface area contributed by atoms with E-state index in [1.165, 1.54) is 0 Å². The van der Waals surface area contributed by atoms with Gasteiger partial charge in [0.2, 0.25) is 5.89 Å². The fourth-order valence-corrected chi connectivity index (χ4v) is 0.720. The number of hydrogen-bond acceptors (Lipinski definition) is 5. The van der Waals surface area contributed by atoms with E-state index in [0.29, 0.717) is 19.1 Å². The molecule has 0 aliphatic carbocycles. The van der Waals surface area contributed by atoms with E-state index >= 15 is 0 Å². The van der Waals surface area contributed by atoms with Gasteiger partial charge in [0.15, 0.2) is 0 Å². The monoisotopic (exact) mass is 192 g/mol. The molecule has 0 bridgehead atoms. The number of halogens is 1. The minimum atomic E-state index is 0.0281. The molecule has 0 atom stereocenters. The van der Waals surface area contributed by atoms with Gasteiger partial charge in [-0.05, 0) is 11.6 Å². The molecule has 1 rings (SSSR count). The summed E-state index contributed by atoms with van der Waals surface area (Å²) >= 11 is 5.38. The van der Waals surface area contributed by atoms with Gasteiger partial charge in [-0.25, -0.2) is 0 Å². The standard InChI is InChI=1S/C6H9ClN2O3/c1-10-2-3-11-4-5-8-9-6(7)12-5/h2-4H2,1H3. The Hall–Kier alpha value is -0.650. The molecule has 0 saturated heterocycles. The van der Waals surface area contributed by atoms with Gasteiger partial charge in [0.05, 0.1) is 13.2 Å². The Morgan fingerprint density at radius 1 is 1.42 bits per heavy atom. The van der Waals surface area contributed by atoms with Crippen molar-refractivity contribution in [3.05, 3.63) is 11.2 Å². The number of methoxy groups -OCH3 is 1. The molecule has 68 valence electrons. The summed E-state index contributed by atoms with van der Waals surface area (Å²) in [5.41, 5.74) is 0. The van der Waals surface area contributed by atoms with Crippen molar-refractivity contribution in [1.82, 2.24) is 10.2 Å². The molecular weight excluding hydrogens is 184 g/mol. The van der Waals surface area contributed by atoms with Crippen LogP contribution in [-0.4, -0.2) is 30.5 Å². The first-order chi connectivity index (χ1) is 5.83. The number of rotatable bonds is 5. The van der Waals surface area contributed by atoms with Crippen LogP contribution in [0.3, 0.4) is 0 Å². The van der Waals surface area contributed by atoms with Gasteiger partial charge in [-0.15, -0.1) is 5.10 Å². The highest BCUT2D eigenvalue weighted by Crippen LogP contribution is 2.05. The third-order valence-corrected chi connectivity index (χ3v) is 1.25. The Balaban J connectivity index is 2.15. The molecule has 0 spiro atoms. The quantitative estimate of drug-likeness (QED) is 0.649. The predicted molar refractivity (Wildman–Crippen MR) is 40.8 cm³/mol. The molecule has 12 heavy (non-hydrogen) atoms. The zero-order valence-electron chi connectivity index (χ0n) is 6.62. The van der Waals surface area contributed by atoms with E-state index in [1.807, 2.05) is 0 Å². The number of hydrogen-bond donors (Lipinski definition) is 0. The molecule has 1 heterocycles. The van der Waals surface area contributed by atoms with Crippen LogP contribution in [0.1, 0.15) is 5.89 Å². The highest BCUT2D eigenvalue weighted by atomic mass is 35.5. The van der Waals surface area contributed by atoms with Gasteiger partial charge in [-0.3, -0.25) is 0 Å². The van der Waals surface area contributed by atoms with Crippen molar-refractivity contribution in [2.45, 2.75) is 6.61 Å². The molecule has 0 aliphatic heterocycles. The lowest BCUT2D eigenvalue weighted by Crippen LogP contribution is -2.01. The molecule has 1 aromatic heterocycles. The van der Waals surface area contributed by atoms with E-state index in [2.05, 4.69) is 10.2 Å². The minimum absolute atomic E-state index is 0.0281. The summed E-state index contributed by atoms with van der Waals surface area (Å²) in [6.07, 6.45) is 0.